The minimum atomic E-state index is 0. The van der Waals surface area contributed by atoms with E-state index in [0.29, 0.717) is 10.8 Å². The predicted molar refractivity (Wildman–Crippen MR) is 97.4 cm³/mol. The van der Waals surface area contributed by atoms with Crippen molar-refractivity contribution in [3.05, 3.63) is 47.6 Å². The van der Waals surface area contributed by atoms with Gasteiger partial charge in [-0.1, -0.05) is 47.0 Å². The summed E-state index contributed by atoms with van der Waals surface area (Å²) in [6.07, 6.45) is 16.9. The molecule has 2 rings (SSSR count). The van der Waals surface area contributed by atoms with Gasteiger partial charge in [0.15, 0.2) is 0 Å². The molecule has 0 radical (unpaired) electrons. The van der Waals surface area contributed by atoms with Crippen LogP contribution < -0.4 is 24.8 Å². The summed E-state index contributed by atoms with van der Waals surface area (Å²) in [5.41, 5.74) is 3.79. The Hall–Kier alpha value is 0.640. The van der Waals surface area contributed by atoms with Gasteiger partial charge in [-0.2, -0.15) is 17.2 Å². The molecule has 0 aliphatic heterocycles. The van der Waals surface area contributed by atoms with Crippen molar-refractivity contribution in [2.45, 2.75) is 67.5 Å². The normalized spacial score (nSPS) is 14.9. The summed E-state index contributed by atoms with van der Waals surface area (Å²) < 4.78 is 0. The quantitative estimate of drug-likeness (QED) is 0.357. The number of hydrogen-bond acceptors (Lipinski definition) is 0. The van der Waals surface area contributed by atoms with Crippen LogP contribution in [0.2, 0.25) is 13.1 Å². The van der Waals surface area contributed by atoms with Crippen molar-refractivity contribution in [2.75, 3.05) is 0 Å². The molecule has 0 nitrogen and oxygen atoms in total. The molecule has 0 fully saturated rings. The second kappa shape index (κ2) is 13.8. The molecule has 0 N–H and O–H groups in total. The first-order chi connectivity index (χ1) is 9.94. The molecule has 0 unspecified atom stereocenters. The molecule has 0 spiro atoms. The smallest absolute Gasteiger partial charge is 1.00 e. The zero-order valence-corrected chi connectivity index (χ0v) is 21.4. The SMILES string of the molecule is CC(C)(C)C1=CC=[C-]C1.CC(C)(C)C1=CC[C-]=C1.C[Si](C)=[Zr+2].[Cl-].[Cl-]. The van der Waals surface area contributed by atoms with Crippen LogP contribution in [-0.4, -0.2) is 5.43 Å². The summed E-state index contributed by atoms with van der Waals surface area (Å²) >= 11 is 1.74. The number of hydrogen-bond donors (Lipinski definition) is 0. The van der Waals surface area contributed by atoms with Crippen molar-refractivity contribution < 1.29 is 48.1 Å². The molecule has 4 heteroatoms. The summed E-state index contributed by atoms with van der Waals surface area (Å²) in [5, 5.41) is 0. The van der Waals surface area contributed by atoms with Crippen LogP contribution in [-0.2, 0) is 23.3 Å². The molecular weight excluding hydrogens is 430 g/mol. The van der Waals surface area contributed by atoms with Crippen molar-refractivity contribution in [3.63, 3.8) is 0 Å². The van der Waals surface area contributed by atoms with E-state index in [1.54, 1.807) is 23.3 Å². The van der Waals surface area contributed by atoms with E-state index in [2.05, 4.69) is 85.0 Å². The summed E-state index contributed by atoms with van der Waals surface area (Å²) in [6.45, 7) is 18.0. The Morgan fingerprint density at radius 2 is 1.46 bits per heavy atom. The molecule has 136 valence electrons. The van der Waals surface area contributed by atoms with Crippen LogP contribution in [0.15, 0.2) is 35.5 Å². The van der Waals surface area contributed by atoms with Gasteiger partial charge in [0.2, 0.25) is 0 Å². The second-order valence-corrected chi connectivity index (χ2v) is 17.3. The van der Waals surface area contributed by atoms with Gasteiger partial charge in [0, 0.05) is 0 Å². The zero-order valence-electron chi connectivity index (χ0n) is 16.5. The molecule has 0 bridgehead atoms. The first-order valence-electron chi connectivity index (χ1n) is 8.00. The maximum atomic E-state index is 3.16. The Balaban J connectivity index is -0.000000283. The van der Waals surface area contributed by atoms with Crippen LogP contribution in [0.4, 0.5) is 0 Å². The van der Waals surface area contributed by atoms with Crippen molar-refractivity contribution in [1.29, 1.82) is 0 Å². The van der Waals surface area contributed by atoms with E-state index in [0.717, 1.165) is 12.8 Å². The third-order valence-electron chi connectivity index (χ3n) is 3.22. The monoisotopic (exact) mass is 460 g/mol. The molecule has 0 amide bonds. The largest absolute Gasteiger partial charge is 1.00 e. The molecule has 24 heavy (non-hydrogen) atoms. The van der Waals surface area contributed by atoms with Gasteiger partial charge in [0.05, 0.1) is 0 Å². The van der Waals surface area contributed by atoms with E-state index in [1.807, 2.05) is 6.08 Å². The van der Waals surface area contributed by atoms with Gasteiger partial charge in [-0.05, 0) is 5.41 Å². The molecule has 0 saturated carbocycles. The Labute approximate surface area is 178 Å². The van der Waals surface area contributed by atoms with Gasteiger partial charge in [0.1, 0.15) is 0 Å². The minimum Gasteiger partial charge on any atom is -1.00 e. The molecule has 0 aromatic rings. The van der Waals surface area contributed by atoms with Crippen LogP contribution >= 0.6 is 0 Å². The van der Waals surface area contributed by atoms with Crippen LogP contribution in [0.5, 0.6) is 0 Å². The Kier molecular flexibility index (Phi) is 16.9. The molecule has 0 heterocycles. The third kappa shape index (κ3) is 14.9. The van der Waals surface area contributed by atoms with Gasteiger partial charge < -0.3 is 24.8 Å². The van der Waals surface area contributed by atoms with E-state index in [1.165, 1.54) is 11.1 Å². The van der Waals surface area contributed by atoms with Crippen molar-refractivity contribution in [2.24, 2.45) is 10.8 Å². The van der Waals surface area contributed by atoms with E-state index in [9.17, 15) is 0 Å². The average molecular weight is 463 g/mol. The Morgan fingerprint density at radius 3 is 1.62 bits per heavy atom. The maximum absolute atomic E-state index is 3.16. The maximum Gasteiger partial charge on any atom is -1.00 e. The fourth-order valence-electron chi connectivity index (χ4n) is 1.82. The van der Waals surface area contributed by atoms with Crippen molar-refractivity contribution in [3.8, 4) is 0 Å². The first kappa shape index (κ1) is 29.4. The van der Waals surface area contributed by atoms with Gasteiger partial charge >= 0.3 is 41.9 Å². The van der Waals surface area contributed by atoms with E-state index in [4.69, 9.17) is 0 Å². The average Bonchev–Trinajstić information content (AvgIpc) is 3.02. The van der Waals surface area contributed by atoms with Crippen LogP contribution in [0.1, 0.15) is 54.4 Å². The summed E-state index contributed by atoms with van der Waals surface area (Å²) in [7, 11) is 0. The van der Waals surface area contributed by atoms with E-state index < -0.39 is 0 Å². The second-order valence-electron chi connectivity index (χ2n) is 7.95. The number of rotatable bonds is 0. The minimum absolute atomic E-state index is 0. The molecular formula is C20H32Cl2SiZr-2. The Bertz CT molecular complexity index is 483. The standard InChI is InChI=1S/2C9H13.C2H6Si.2ClH.Zr/c2*1-9(2,3)8-6-4-5-7-8;1-3-2;;;/h6-7H,4H2,1-3H3;4,6H,7H2,1-3H3;1-2H3;2*1H;/q2*-1;;;;+2/p-2. The molecule has 2 aliphatic rings. The van der Waals surface area contributed by atoms with Crippen LogP contribution in [0.25, 0.3) is 0 Å². The summed E-state index contributed by atoms with van der Waals surface area (Å²) in [4.78, 5) is 0. The van der Waals surface area contributed by atoms with E-state index >= 15 is 0 Å². The van der Waals surface area contributed by atoms with Gasteiger partial charge in [-0.25, -0.2) is 18.2 Å². The molecule has 0 saturated heterocycles. The number of halogens is 2. The van der Waals surface area contributed by atoms with Gasteiger partial charge in [-0.3, -0.25) is 12.2 Å². The third-order valence-corrected chi connectivity index (χ3v) is 3.22. The zero-order chi connectivity index (χ0) is 17.4. The predicted octanol–water partition coefficient (Wildman–Crippen LogP) is 0.236. The first-order valence-corrected chi connectivity index (χ1v) is 14.2. The van der Waals surface area contributed by atoms with E-state index in [-0.39, 0.29) is 30.2 Å². The summed E-state index contributed by atoms with van der Waals surface area (Å²) in [6, 6.07) is 0. The van der Waals surface area contributed by atoms with Gasteiger partial charge in [-0.15, -0.1) is 12.8 Å². The van der Waals surface area contributed by atoms with Crippen LogP contribution in [0.3, 0.4) is 0 Å². The molecule has 0 aromatic heterocycles. The molecule has 0 aromatic carbocycles. The fraction of sp³-hybridized carbons (Fsp3) is 0.600. The summed E-state index contributed by atoms with van der Waals surface area (Å²) in [5.74, 6) is 0. The van der Waals surface area contributed by atoms with Crippen molar-refractivity contribution >= 4 is 5.43 Å². The van der Waals surface area contributed by atoms with Crippen molar-refractivity contribution in [1.82, 2.24) is 0 Å². The number of allylic oxidation sites excluding steroid dienone is 8. The Morgan fingerprint density at radius 1 is 0.958 bits per heavy atom. The molecule has 2 aliphatic carbocycles. The van der Waals surface area contributed by atoms with Crippen LogP contribution in [0, 0.1) is 23.0 Å². The molecule has 0 atom stereocenters. The fourth-order valence-corrected chi connectivity index (χ4v) is 1.82. The van der Waals surface area contributed by atoms with Gasteiger partial charge in [0.25, 0.3) is 0 Å². The topological polar surface area (TPSA) is 0 Å².